The molecule has 1 heterocycles. The first-order chi connectivity index (χ1) is 19.4. The van der Waals surface area contributed by atoms with Gasteiger partial charge in [0.1, 0.15) is 11.0 Å². The SMILES string of the molecule is C=CC(=O)OC(C)CCCCCn1nc2c(-c3ccc(C(C)(C)C)cc3)ccc(-c3ccc(C(C)(C)C)cc3)c2n1. The van der Waals surface area contributed by atoms with Crippen LogP contribution >= 0.6 is 0 Å². The van der Waals surface area contributed by atoms with Crippen LogP contribution in [0.25, 0.3) is 33.3 Å². The van der Waals surface area contributed by atoms with Gasteiger partial charge in [0, 0.05) is 17.2 Å². The molecule has 0 saturated carbocycles. The number of unbranched alkanes of at least 4 members (excludes halogenated alkanes) is 2. The Bertz CT molecular complexity index is 1390. The van der Waals surface area contributed by atoms with E-state index in [1.165, 1.54) is 17.2 Å². The lowest BCUT2D eigenvalue weighted by Crippen LogP contribution is -2.12. The molecule has 0 saturated heterocycles. The Hall–Kier alpha value is -3.73. The second kappa shape index (κ2) is 12.4. The monoisotopic (exact) mass is 551 g/mol. The molecule has 0 aliphatic rings. The Kier molecular flexibility index (Phi) is 9.16. The average Bonchev–Trinajstić information content (AvgIpc) is 3.35. The van der Waals surface area contributed by atoms with Gasteiger partial charge in [0.25, 0.3) is 0 Å². The molecule has 0 N–H and O–H groups in total. The summed E-state index contributed by atoms with van der Waals surface area (Å²) >= 11 is 0. The van der Waals surface area contributed by atoms with Gasteiger partial charge in [0.2, 0.25) is 0 Å². The number of rotatable bonds is 10. The number of esters is 1. The predicted molar refractivity (Wildman–Crippen MR) is 170 cm³/mol. The van der Waals surface area contributed by atoms with Crippen molar-refractivity contribution < 1.29 is 9.53 Å². The summed E-state index contributed by atoms with van der Waals surface area (Å²) in [5, 5.41) is 10.0. The Morgan fingerprint density at radius 1 is 0.780 bits per heavy atom. The van der Waals surface area contributed by atoms with E-state index < -0.39 is 0 Å². The lowest BCUT2D eigenvalue weighted by molar-refractivity contribution is -0.142. The topological polar surface area (TPSA) is 57.0 Å². The van der Waals surface area contributed by atoms with E-state index in [1.807, 2.05) is 11.7 Å². The fraction of sp³-hybridized carbons (Fsp3) is 0.417. The highest BCUT2D eigenvalue weighted by Gasteiger charge is 2.19. The van der Waals surface area contributed by atoms with Crippen molar-refractivity contribution >= 4 is 17.0 Å². The molecule has 5 nitrogen and oxygen atoms in total. The number of hydrogen-bond donors (Lipinski definition) is 0. The molecule has 41 heavy (non-hydrogen) atoms. The summed E-state index contributed by atoms with van der Waals surface area (Å²) in [6.45, 7) is 19.5. The van der Waals surface area contributed by atoms with E-state index in [1.54, 1.807) is 0 Å². The van der Waals surface area contributed by atoms with Crippen LogP contribution in [0.4, 0.5) is 0 Å². The number of aryl methyl sites for hydroxylation is 1. The third-order valence-corrected chi connectivity index (χ3v) is 7.66. The van der Waals surface area contributed by atoms with E-state index in [0.29, 0.717) is 0 Å². The number of carbonyl (C=O) groups is 1. The van der Waals surface area contributed by atoms with Crippen LogP contribution < -0.4 is 0 Å². The van der Waals surface area contributed by atoms with E-state index >= 15 is 0 Å². The Morgan fingerprint density at radius 2 is 1.24 bits per heavy atom. The van der Waals surface area contributed by atoms with Gasteiger partial charge in [0.05, 0.1) is 12.6 Å². The minimum atomic E-state index is -0.363. The Morgan fingerprint density at radius 3 is 1.66 bits per heavy atom. The van der Waals surface area contributed by atoms with Crippen LogP contribution in [0.5, 0.6) is 0 Å². The van der Waals surface area contributed by atoms with E-state index in [-0.39, 0.29) is 22.9 Å². The number of carbonyl (C=O) groups excluding carboxylic acids is 1. The molecule has 3 aromatic carbocycles. The zero-order valence-corrected chi connectivity index (χ0v) is 25.8. The zero-order valence-electron chi connectivity index (χ0n) is 25.8. The van der Waals surface area contributed by atoms with Gasteiger partial charge in [-0.15, -0.1) is 0 Å². The van der Waals surface area contributed by atoms with E-state index in [2.05, 4.69) is 109 Å². The van der Waals surface area contributed by atoms with E-state index in [0.717, 1.165) is 65.5 Å². The van der Waals surface area contributed by atoms with Crippen LogP contribution in [-0.2, 0) is 26.9 Å². The van der Waals surface area contributed by atoms with Crippen molar-refractivity contribution in [1.29, 1.82) is 0 Å². The van der Waals surface area contributed by atoms with Gasteiger partial charge in [-0.1, -0.05) is 115 Å². The molecule has 0 aliphatic carbocycles. The maximum absolute atomic E-state index is 11.4. The standard InChI is InChI=1S/C36H45N3O2/c1-9-32(40)41-25(2)13-11-10-12-24-39-37-33-30(26-14-18-28(19-15-26)35(3,4)5)22-23-31(34(33)38-39)27-16-20-29(21-17-27)36(6,7)8/h9,14-23,25H,1,10-13,24H2,2-8H3. The molecule has 0 fully saturated rings. The van der Waals surface area contributed by atoms with Crippen LogP contribution in [0, 0.1) is 0 Å². The first kappa shape index (κ1) is 30.2. The van der Waals surface area contributed by atoms with Gasteiger partial charge in [-0.05, 0) is 59.3 Å². The number of fused-ring (bicyclic) bond motifs is 1. The second-order valence-electron chi connectivity index (χ2n) is 13.1. The van der Waals surface area contributed by atoms with Gasteiger partial charge < -0.3 is 4.74 Å². The fourth-order valence-electron chi connectivity index (χ4n) is 5.07. The van der Waals surface area contributed by atoms with Crippen molar-refractivity contribution in [2.75, 3.05) is 0 Å². The van der Waals surface area contributed by atoms with Gasteiger partial charge in [-0.25, -0.2) is 4.79 Å². The molecule has 0 spiro atoms. The molecule has 216 valence electrons. The van der Waals surface area contributed by atoms with E-state index in [9.17, 15) is 4.79 Å². The molecule has 0 amide bonds. The van der Waals surface area contributed by atoms with Crippen molar-refractivity contribution in [2.24, 2.45) is 0 Å². The number of hydrogen-bond acceptors (Lipinski definition) is 4. The summed E-state index contributed by atoms with van der Waals surface area (Å²) in [6, 6.07) is 22.1. The lowest BCUT2D eigenvalue weighted by Gasteiger charge is -2.19. The smallest absolute Gasteiger partial charge is 0.330 e. The van der Waals surface area contributed by atoms with Gasteiger partial charge in [-0.3, -0.25) is 0 Å². The predicted octanol–water partition coefficient (Wildman–Crippen LogP) is 9.04. The van der Waals surface area contributed by atoms with Gasteiger partial charge in [0.15, 0.2) is 0 Å². The molecule has 1 atom stereocenters. The summed E-state index contributed by atoms with van der Waals surface area (Å²) < 4.78 is 5.28. The van der Waals surface area contributed by atoms with Crippen molar-refractivity contribution in [3.8, 4) is 22.3 Å². The maximum Gasteiger partial charge on any atom is 0.330 e. The Labute approximate surface area is 245 Å². The quantitative estimate of drug-likeness (QED) is 0.112. The van der Waals surface area contributed by atoms with Crippen molar-refractivity contribution in [3.63, 3.8) is 0 Å². The van der Waals surface area contributed by atoms with Gasteiger partial charge in [-0.2, -0.15) is 15.0 Å². The van der Waals surface area contributed by atoms with Gasteiger partial charge >= 0.3 is 5.97 Å². The Balaban J connectivity index is 1.61. The molecular weight excluding hydrogens is 506 g/mol. The molecular formula is C36H45N3O2. The number of nitrogens with zero attached hydrogens (tertiary/aromatic N) is 3. The second-order valence-corrected chi connectivity index (χ2v) is 13.1. The summed E-state index contributed by atoms with van der Waals surface area (Å²) in [7, 11) is 0. The molecule has 5 heteroatoms. The normalized spacial score (nSPS) is 12.9. The highest BCUT2D eigenvalue weighted by Crippen LogP contribution is 2.35. The largest absolute Gasteiger partial charge is 0.460 e. The van der Waals surface area contributed by atoms with Crippen molar-refractivity contribution in [1.82, 2.24) is 15.0 Å². The minimum absolute atomic E-state index is 0.102. The molecule has 4 rings (SSSR count). The molecule has 1 unspecified atom stereocenters. The van der Waals surface area contributed by atoms with E-state index in [4.69, 9.17) is 14.9 Å². The van der Waals surface area contributed by atoms with Crippen molar-refractivity contribution in [3.05, 3.63) is 84.4 Å². The molecule has 0 radical (unpaired) electrons. The maximum atomic E-state index is 11.4. The lowest BCUT2D eigenvalue weighted by atomic mass is 9.85. The minimum Gasteiger partial charge on any atom is -0.460 e. The third kappa shape index (κ3) is 7.52. The van der Waals surface area contributed by atoms with Crippen molar-refractivity contribution in [2.45, 2.75) is 97.6 Å². The van der Waals surface area contributed by atoms with Crippen LogP contribution in [0.1, 0.15) is 85.3 Å². The summed E-state index contributed by atoms with van der Waals surface area (Å²) in [4.78, 5) is 13.3. The van der Waals surface area contributed by atoms with Crippen LogP contribution in [0.15, 0.2) is 73.3 Å². The molecule has 0 aliphatic heterocycles. The summed E-state index contributed by atoms with van der Waals surface area (Å²) in [5.41, 5.74) is 9.16. The first-order valence-electron chi connectivity index (χ1n) is 14.8. The molecule has 0 bridgehead atoms. The number of benzene rings is 3. The average molecular weight is 552 g/mol. The summed E-state index contributed by atoms with van der Waals surface area (Å²) in [5.74, 6) is -0.363. The number of ether oxygens (including phenoxy) is 1. The third-order valence-electron chi connectivity index (χ3n) is 7.66. The van der Waals surface area contributed by atoms with Crippen LogP contribution in [0.2, 0.25) is 0 Å². The molecule has 1 aromatic heterocycles. The van der Waals surface area contributed by atoms with Crippen LogP contribution in [0.3, 0.4) is 0 Å². The highest BCUT2D eigenvalue weighted by molar-refractivity contribution is 6.00. The highest BCUT2D eigenvalue weighted by atomic mass is 16.5. The summed E-state index contributed by atoms with van der Waals surface area (Å²) in [6.07, 6.45) is 4.88. The fourth-order valence-corrected chi connectivity index (χ4v) is 5.07. The van der Waals surface area contributed by atoms with Crippen LogP contribution in [-0.4, -0.2) is 27.1 Å². The zero-order chi connectivity index (χ0) is 29.8. The number of aromatic nitrogens is 3. The first-order valence-corrected chi connectivity index (χ1v) is 14.8. The molecule has 4 aromatic rings.